The highest BCUT2D eigenvalue weighted by atomic mass is 32.1. The van der Waals surface area contributed by atoms with Gasteiger partial charge in [0.2, 0.25) is 0 Å². The van der Waals surface area contributed by atoms with Crippen molar-refractivity contribution < 1.29 is 0 Å². The van der Waals surface area contributed by atoms with E-state index in [0.29, 0.717) is 0 Å². The van der Waals surface area contributed by atoms with Crippen molar-refractivity contribution in [3.63, 3.8) is 0 Å². The van der Waals surface area contributed by atoms with E-state index in [9.17, 15) is 0 Å². The quantitative estimate of drug-likeness (QED) is 0.183. The van der Waals surface area contributed by atoms with E-state index >= 15 is 0 Å². The number of para-hydroxylation sites is 1. The van der Waals surface area contributed by atoms with Gasteiger partial charge in [0.25, 0.3) is 0 Å². The van der Waals surface area contributed by atoms with Gasteiger partial charge in [-0.2, -0.15) is 0 Å². The molecule has 0 bridgehead atoms. The second-order valence-electron chi connectivity index (χ2n) is 12.1. The van der Waals surface area contributed by atoms with Crippen molar-refractivity contribution in [1.82, 2.24) is 4.57 Å². The van der Waals surface area contributed by atoms with Crippen molar-refractivity contribution in [1.29, 1.82) is 0 Å². The fourth-order valence-electron chi connectivity index (χ4n) is 7.89. The lowest BCUT2D eigenvalue weighted by atomic mass is 9.82. The molecule has 0 saturated carbocycles. The molecule has 2 aromatic heterocycles. The molecule has 2 heteroatoms. The monoisotopic (exact) mass is 539 g/mol. The Morgan fingerprint density at radius 3 is 2.02 bits per heavy atom. The number of hydrogen-bond acceptors (Lipinski definition) is 1. The second-order valence-corrected chi connectivity index (χ2v) is 13.2. The molecule has 1 aliphatic carbocycles. The maximum atomic E-state index is 2.49. The summed E-state index contributed by atoms with van der Waals surface area (Å²) in [6, 6.07) is 43.5. The van der Waals surface area contributed by atoms with E-state index in [1.54, 1.807) is 0 Å². The first-order valence-corrected chi connectivity index (χ1v) is 15.2. The Balaban J connectivity index is 1.34. The first-order valence-electron chi connectivity index (χ1n) is 14.4. The van der Waals surface area contributed by atoms with Gasteiger partial charge in [0.15, 0.2) is 0 Å². The van der Waals surface area contributed by atoms with E-state index in [0.717, 1.165) is 0 Å². The fourth-order valence-corrected chi connectivity index (χ4v) is 9.04. The molecule has 7 aromatic carbocycles. The highest BCUT2D eigenvalue weighted by Crippen LogP contribution is 2.51. The molecule has 1 nitrogen and oxygen atoms in total. The van der Waals surface area contributed by atoms with Gasteiger partial charge < -0.3 is 4.57 Å². The van der Waals surface area contributed by atoms with Gasteiger partial charge >= 0.3 is 0 Å². The Bertz CT molecular complexity index is 2560. The number of nitrogens with zero attached hydrogens (tertiary/aromatic N) is 1. The minimum atomic E-state index is -0.0407. The van der Waals surface area contributed by atoms with E-state index in [1.807, 2.05) is 11.3 Å². The molecule has 0 fully saturated rings. The van der Waals surface area contributed by atoms with Crippen LogP contribution >= 0.6 is 11.3 Å². The third kappa shape index (κ3) is 2.62. The number of fused-ring (bicyclic) bond motifs is 9. The molecule has 1 aliphatic rings. The third-order valence-corrected chi connectivity index (χ3v) is 10.9. The molecule has 41 heavy (non-hydrogen) atoms. The van der Waals surface area contributed by atoms with Gasteiger partial charge in [0.05, 0.1) is 11.0 Å². The summed E-state index contributed by atoms with van der Waals surface area (Å²) >= 11 is 1.91. The summed E-state index contributed by atoms with van der Waals surface area (Å²) < 4.78 is 5.24. The minimum absolute atomic E-state index is 0.0407. The molecule has 0 unspecified atom stereocenters. The van der Waals surface area contributed by atoms with Gasteiger partial charge in [0.1, 0.15) is 0 Å². The topological polar surface area (TPSA) is 4.93 Å². The van der Waals surface area contributed by atoms with Crippen LogP contribution in [0.5, 0.6) is 0 Å². The van der Waals surface area contributed by atoms with Crippen LogP contribution in [0, 0.1) is 0 Å². The van der Waals surface area contributed by atoms with Gasteiger partial charge in [-0.3, -0.25) is 0 Å². The molecule has 9 aromatic rings. The van der Waals surface area contributed by atoms with E-state index in [4.69, 9.17) is 0 Å². The second kappa shape index (κ2) is 7.34. The summed E-state index contributed by atoms with van der Waals surface area (Å²) in [5.74, 6) is 0. The summed E-state index contributed by atoms with van der Waals surface area (Å²) in [5.41, 5.74) is 9.27. The Kier molecular flexibility index (Phi) is 3.95. The Morgan fingerprint density at radius 2 is 1.20 bits per heavy atom. The number of aromatic nitrogens is 1. The maximum absolute atomic E-state index is 2.49. The van der Waals surface area contributed by atoms with Crippen molar-refractivity contribution >= 4 is 74.9 Å². The maximum Gasteiger partial charge on any atom is 0.0544 e. The molecule has 192 valence electrons. The van der Waals surface area contributed by atoms with Crippen molar-refractivity contribution in [3.8, 4) is 16.8 Å². The molecule has 0 radical (unpaired) electrons. The van der Waals surface area contributed by atoms with Crippen LogP contribution in [0.25, 0.3) is 80.3 Å². The first-order chi connectivity index (χ1) is 20.1. The molecular weight excluding hydrogens is 515 g/mol. The number of hydrogen-bond donors (Lipinski definition) is 0. The number of thiophene rings is 1. The lowest BCUT2D eigenvalue weighted by Crippen LogP contribution is -2.14. The zero-order valence-corrected chi connectivity index (χ0v) is 23.6. The molecular formula is C39H25NS. The SMILES string of the molecule is CC1(C)c2ccccc2-c2cc3c4ccccc4n(-c4ccc5c(c4)c4cccc6sc7cccc5c7c64)c3cc21. The van der Waals surface area contributed by atoms with Crippen LogP contribution in [0.1, 0.15) is 25.0 Å². The van der Waals surface area contributed by atoms with Crippen LogP contribution in [-0.4, -0.2) is 4.57 Å². The van der Waals surface area contributed by atoms with Gasteiger partial charge in [0, 0.05) is 42.0 Å². The predicted octanol–water partition coefficient (Wildman–Crippen LogP) is 11.2. The average Bonchev–Trinajstić information content (AvgIpc) is 3.62. The Hall–Kier alpha value is -4.66. The standard InChI is InChI=1S/C39H25NS/c1-39(2)31-13-5-3-9-24(31)29-20-30-25-10-4-6-14-33(25)40(34(30)21-32(29)39)22-17-18-23-26-11-7-15-35-37(26)38-27(28(23)19-22)12-8-16-36(38)41-35/h3-21H,1-2H3. The predicted molar refractivity (Wildman–Crippen MR) is 177 cm³/mol. The van der Waals surface area contributed by atoms with Crippen molar-refractivity contribution in [2.45, 2.75) is 19.3 Å². The summed E-state index contributed by atoms with van der Waals surface area (Å²) in [7, 11) is 0. The van der Waals surface area contributed by atoms with Crippen LogP contribution in [0.3, 0.4) is 0 Å². The van der Waals surface area contributed by atoms with Crippen LogP contribution in [-0.2, 0) is 5.41 Å². The van der Waals surface area contributed by atoms with Crippen molar-refractivity contribution in [3.05, 3.63) is 126 Å². The lowest BCUT2D eigenvalue weighted by Gasteiger charge is -2.21. The number of rotatable bonds is 1. The Morgan fingerprint density at radius 1 is 0.488 bits per heavy atom. The molecule has 0 aliphatic heterocycles. The van der Waals surface area contributed by atoms with E-state index in [-0.39, 0.29) is 5.41 Å². The smallest absolute Gasteiger partial charge is 0.0544 e. The molecule has 10 rings (SSSR count). The normalized spacial score (nSPS) is 14.3. The fraction of sp³-hybridized carbons (Fsp3) is 0.0769. The zero-order chi connectivity index (χ0) is 27.0. The van der Waals surface area contributed by atoms with E-state index < -0.39 is 0 Å². The average molecular weight is 540 g/mol. The molecule has 2 heterocycles. The van der Waals surface area contributed by atoms with Crippen LogP contribution in [0.4, 0.5) is 0 Å². The van der Waals surface area contributed by atoms with Crippen molar-refractivity contribution in [2.24, 2.45) is 0 Å². The number of benzene rings is 7. The molecule has 0 saturated heterocycles. The molecule has 0 spiro atoms. The zero-order valence-electron chi connectivity index (χ0n) is 22.8. The summed E-state index contributed by atoms with van der Waals surface area (Å²) in [6.45, 7) is 4.74. The minimum Gasteiger partial charge on any atom is -0.309 e. The highest BCUT2D eigenvalue weighted by Gasteiger charge is 2.36. The molecule has 0 N–H and O–H groups in total. The largest absolute Gasteiger partial charge is 0.309 e. The van der Waals surface area contributed by atoms with Crippen LogP contribution in [0.15, 0.2) is 115 Å². The Labute approximate surface area is 241 Å². The van der Waals surface area contributed by atoms with Gasteiger partial charge in [-0.25, -0.2) is 0 Å². The first kappa shape index (κ1) is 22.1. The van der Waals surface area contributed by atoms with E-state index in [1.165, 1.54) is 91.5 Å². The van der Waals surface area contributed by atoms with Crippen molar-refractivity contribution in [2.75, 3.05) is 0 Å². The third-order valence-electron chi connectivity index (χ3n) is 9.74. The molecule has 0 amide bonds. The summed E-state index contributed by atoms with van der Waals surface area (Å²) in [4.78, 5) is 0. The highest BCUT2D eigenvalue weighted by molar-refractivity contribution is 7.26. The van der Waals surface area contributed by atoms with Crippen LogP contribution < -0.4 is 0 Å². The van der Waals surface area contributed by atoms with Gasteiger partial charge in [-0.05, 0) is 86.3 Å². The van der Waals surface area contributed by atoms with Gasteiger partial charge in [-0.1, -0.05) is 86.6 Å². The van der Waals surface area contributed by atoms with Crippen LogP contribution in [0.2, 0.25) is 0 Å². The van der Waals surface area contributed by atoms with E-state index in [2.05, 4.69) is 134 Å². The summed E-state index contributed by atoms with van der Waals surface area (Å²) in [5, 5.41) is 10.8. The molecule has 0 atom stereocenters. The van der Waals surface area contributed by atoms with Gasteiger partial charge in [-0.15, -0.1) is 11.3 Å². The summed E-state index contributed by atoms with van der Waals surface area (Å²) in [6.07, 6.45) is 0. The lowest BCUT2D eigenvalue weighted by molar-refractivity contribution is 0.661.